The molecule has 3 rings (SSSR count). The summed E-state index contributed by atoms with van der Waals surface area (Å²) in [6.07, 6.45) is 1.77. The van der Waals surface area contributed by atoms with Crippen molar-refractivity contribution in [2.45, 2.75) is 6.54 Å². The van der Waals surface area contributed by atoms with Crippen LogP contribution in [-0.2, 0) is 6.54 Å². The van der Waals surface area contributed by atoms with Gasteiger partial charge in [0.1, 0.15) is 4.60 Å². The molecule has 1 aromatic carbocycles. The molecule has 1 N–H and O–H groups in total. The lowest BCUT2D eigenvalue weighted by Crippen LogP contribution is -1.99. The van der Waals surface area contributed by atoms with Crippen LogP contribution >= 0.6 is 27.3 Å². The third-order valence-electron chi connectivity index (χ3n) is 2.79. The third-order valence-corrected chi connectivity index (χ3v) is 4.43. The number of fused-ring (bicyclic) bond motifs is 1. The molecule has 0 aliphatic heterocycles. The quantitative estimate of drug-likeness (QED) is 0.710. The van der Waals surface area contributed by atoms with Crippen LogP contribution in [0.15, 0.2) is 52.6 Å². The standard InChI is InChI=1S/C14H11BrN2S/c15-14-12(5-3-7-16-14)17-8-10-9-18-13-6-2-1-4-11(10)13/h1-7,9,17H,8H2. The Morgan fingerprint density at radius 2 is 2.06 bits per heavy atom. The Hall–Kier alpha value is -1.39. The first kappa shape index (κ1) is 11.7. The van der Waals surface area contributed by atoms with Crippen molar-refractivity contribution in [2.24, 2.45) is 0 Å². The predicted molar refractivity (Wildman–Crippen MR) is 81.1 cm³/mol. The second-order valence-corrected chi connectivity index (χ2v) is 5.61. The normalized spacial score (nSPS) is 10.7. The van der Waals surface area contributed by atoms with Gasteiger partial charge in [0.25, 0.3) is 0 Å². The van der Waals surface area contributed by atoms with E-state index in [1.165, 1.54) is 15.6 Å². The van der Waals surface area contributed by atoms with E-state index >= 15 is 0 Å². The summed E-state index contributed by atoms with van der Waals surface area (Å²) in [7, 11) is 0. The highest BCUT2D eigenvalue weighted by Gasteiger charge is 2.04. The van der Waals surface area contributed by atoms with Gasteiger partial charge in [-0.25, -0.2) is 4.98 Å². The van der Waals surface area contributed by atoms with Gasteiger partial charge in [0, 0.05) is 17.4 Å². The first-order valence-corrected chi connectivity index (χ1v) is 7.31. The van der Waals surface area contributed by atoms with Crippen molar-refractivity contribution in [3.05, 3.63) is 58.1 Å². The molecule has 0 saturated heterocycles. The largest absolute Gasteiger partial charge is 0.379 e. The van der Waals surface area contributed by atoms with Gasteiger partial charge in [0.05, 0.1) is 5.69 Å². The summed E-state index contributed by atoms with van der Waals surface area (Å²) in [5, 5.41) is 6.94. The molecule has 2 aromatic heterocycles. The van der Waals surface area contributed by atoms with Gasteiger partial charge in [0.15, 0.2) is 0 Å². The lowest BCUT2D eigenvalue weighted by molar-refractivity contribution is 1.15. The topological polar surface area (TPSA) is 24.9 Å². The number of hydrogen-bond donors (Lipinski definition) is 1. The van der Waals surface area contributed by atoms with E-state index in [9.17, 15) is 0 Å². The summed E-state index contributed by atoms with van der Waals surface area (Å²) in [6, 6.07) is 12.4. The van der Waals surface area contributed by atoms with Gasteiger partial charge in [-0.2, -0.15) is 0 Å². The molecule has 0 unspecified atom stereocenters. The molecule has 0 aliphatic carbocycles. The molecule has 2 heterocycles. The van der Waals surface area contributed by atoms with Gasteiger partial charge >= 0.3 is 0 Å². The Morgan fingerprint density at radius 3 is 2.94 bits per heavy atom. The second-order valence-electron chi connectivity index (χ2n) is 3.95. The molecule has 18 heavy (non-hydrogen) atoms. The van der Waals surface area contributed by atoms with Crippen molar-refractivity contribution in [3.8, 4) is 0 Å². The predicted octanol–water partition coefficient (Wildman–Crippen LogP) is 4.67. The number of pyridine rings is 1. The summed E-state index contributed by atoms with van der Waals surface area (Å²) in [5.41, 5.74) is 2.35. The summed E-state index contributed by atoms with van der Waals surface area (Å²) in [5.74, 6) is 0. The Bertz CT molecular complexity index is 678. The van der Waals surface area contributed by atoms with E-state index < -0.39 is 0 Å². The molecular weight excluding hydrogens is 308 g/mol. The van der Waals surface area contributed by atoms with Crippen molar-refractivity contribution >= 4 is 43.0 Å². The van der Waals surface area contributed by atoms with Crippen molar-refractivity contribution in [1.82, 2.24) is 4.98 Å². The average Bonchev–Trinajstić information content (AvgIpc) is 2.81. The van der Waals surface area contributed by atoms with Gasteiger partial charge in [-0.15, -0.1) is 11.3 Å². The summed E-state index contributed by atoms with van der Waals surface area (Å²) >= 11 is 5.23. The van der Waals surface area contributed by atoms with Crippen LogP contribution < -0.4 is 5.32 Å². The van der Waals surface area contributed by atoms with Gasteiger partial charge < -0.3 is 5.32 Å². The van der Waals surface area contributed by atoms with Crippen LogP contribution in [0.3, 0.4) is 0 Å². The molecule has 0 amide bonds. The molecule has 2 nitrogen and oxygen atoms in total. The molecule has 4 heteroatoms. The monoisotopic (exact) mass is 318 g/mol. The highest BCUT2D eigenvalue weighted by molar-refractivity contribution is 9.10. The first-order valence-electron chi connectivity index (χ1n) is 5.64. The van der Waals surface area contributed by atoms with Gasteiger partial charge in [-0.3, -0.25) is 0 Å². The lowest BCUT2D eigenvalue weighted by atomic mass is 10.2. The molecule has 0 aliphatic rings. The minimum Gasteiger partial charge on any atom is -0.379 e. The Labute approximate surface area is 118 Å². The SMILES string of the molecule is Brc1ncccc1NCc1csc2ccccc12. The maximum absolute atomic E-state index is 4.20. The Kier molecular flexibility index (Phi) is 3.30. The average molecular weight is 319 g/mol. The number of aromatic nitrogens is 1. The number of anilines is 1. The van der Waals surface area contributed by atoms with Gasteiger partial charge in [-0.05, 0) is 50.5 Å². The fourth-order valence-electron chi connectivity index (χ4n) is 1.88. The highest BCUT2D eigenvalue weighted by Crippen LogP contribution is 2.27. The first-order chi connectivity index (χ1) is 8.84. The van der Waals surface area contributed by atoms with Crippen molar-refractivity contribution in [2.75, 3.05) is 5.32 Å². The molecule has 0 atom stereocenters. The number of hydrogen-bond acceptors (Lipinski definition) is 3. The third kappa shape index (κ3) is 2.26. The van der Waals surface area contributed by atoms with Crippen LogP contribution in [-0.4, -0.2) is 4.98 Å². The zero-order valence-electron chi connectivity index (χ0n) is 9.56. The number of nitrogens with zero attached hydrogens (tertiary/aromatic N) is 1. The summed E-state index contributed by atoms with van der Waals surface area (Å²) in [4.78, 5) is 4.20. The minimum absolute atomic E-state index is 0.814. The fraction of sp³-hybridized carbons (Fsp3) is 0.0714. The van der Waals surface area contributed by atoms with E-state index in [0.717, 1.165) is 16.8 Å². The molecule has 0 spiro atoms. The van der Waals surface area contributed by atoms with Crippen LogP contribution in [0.2, 0.25) is 0 Å². The molecule has 90 valence electrons. The van der Waals surface area contributed by atoms with Crippen LogP contribution in [0.5, 0.6) is 0 Å². The second kappa shape index (κ2) is 5.08. The van der Waals surface area contributed by atoms with Gasteiger partial charge in [0.2, 0.25) is 0 Å². The molecule has 0 bridgehead atoms. The molecule has 0 saturated carbocycles. The van der Waals surface area contributed by atoms with Crippen molar-refractivity contribution in [3.63, 3.8) is 0 Å². The lowest BCUT2D eigenvalue weighted by Gasteiger charge is -2.06. The van der Waals surface area contributed by atoms with E-state index in [1.54, 1.807) is 17.5 Å². The smallest absolute Gasteiger partial charge is 0.129 e. The molecule has 0 radical (unpaired) electrons. The molecular formula is C14H11BrN2S. The maximum atomic E-state index is 4.20. The Morgan fingerprint density at radius 1 is 1.17 bits per heavy atom. The van der Waals surface area contributed by atoms with Crippen LogP contribution in [0.25, 0.3) is 10.1 Å². The van der Waals surface area contributed by atoms with Gasteiger partial charge in [-0.1, -0.05) is 18.2 Å². The number of nitrogens with one attached hydrogen (secondary N) is 1. The molecule has 0 fully saturated rings. The minimum atomic E-state index is 0.814. The zero-order valence-corrected chi connectivity index (χ0v) is 12.0. The van der Waals surface area contributed by atoms with Crippen LogP contribution in [0, 0.1) is 0 Å². The number of rotatable bonds is 3. The van der Waals surface area contributed by atoms with E-state index in [1.807, 2.05) is 12.1 Å². The number of benzene rings is 1. The van der Waals surface area contributed by atoms with E-state index in [2.05, 4.69) is 55.9 Å². The van der Waals surface area contributed by atoms with E-state index in [-0.39, 0.29) is 0 Å². The molecule has 3 aromatic rings. The van der Waals surface area contributed by atoms with Crippen LogP contribution in [0.1, 0.15) is 5.56 Å². The van der Waals surface area contributed by atoms with Crippen molar-refractivity contribution in [1.29, 1.82) is 0 Å². The maximum Gasteiger partial charge on any atom is 0.129 e. The summed E-state index contributed by atoms with van der Waals surface area (Å²) in [6.45, 7) is 0.814. The highest BCUT2D eigenvalue weighted by atomic mass is 79.9. The number of thiophene rings is 1. The number of halogens is 1. The fourth-order valence-corrected chi connectivity index (χ4v) is 3.23. The van der Waals surface area contributed by atoms with Crippen molar-refractivity contribution < 1.29 is 0 Å². The Balaban J connectivity index is 1.83. The summed E-state index contributed by atoms with van der Waals surface area (Å²) < 4.78 is 2.18. The van der Waals surface area contributed by atoms with E-state index in [0.29, 0.717) is 0 Å². The zero-order chi connectivity index (χ0) is 12.4. The van der Waals surface area contributed by atoms with Crippen LogP contribution in [0.4, 0.5) is 5.69 Å². The van der Waals surface area contributed by atoms with E-state index in [4.69, 9.17) is 0 Å².